The summed E-state index contributed by atoms with van der Waals surface area (Å²) in [6.45, 7) is 2.90. The largest absolute Gasteiger partial charge is 0.311 e. The van der Waals surface area contributed by atoms with Crippen molar-refractivity contribution in [2.24, 2.45) is 13.0 Å². The zero-order valence-electron chi connectivity index (χ0n) is 13.9. The van der Waals surface area contributed by atoms with Crippen molar-refractivity contribution >= 4 is 23.2 Å². The lowest BCUT2D eigenvalue weighted by atomic mass is 9.95. The van der Waals surface area contributed by atoms with Crippen LogP contribution in [-0.2, 0) is 16.6 Å². The van der Waals surface area contributed by atoms with Gasteiger partial charge in [-0.3, -0.25) is 19.3 Å². The highest BCUT2D eigenvalue weighted by molar-refractivity contribution is 5.99. The molecule has 2 amide bonds. The van der Waals surface area contributed by atoms with Crippen molar-refractivity contribution in [2.45, 2.75) is 19.8 Å². The van der Waals surface area contributed by atoms with Crippen LogP contribution >= 0.6 is 0 Å². The van der Waals surface area contributed by atoms with E-state index < -0.39 is 0 Å². The Morgan fingerprint density at radius 1 is 1.42 bits per heavy atom. The maximum absolute atomic E-state index is 13.0. The molecular formula is C17H21N5O2. The van der Waals surface area contributed by atoms with Gasteiger partial charge in [0.25, 0.3) is 0 Å². The summed E-state index contributed by atoms with van der Waals surface area (Å²) >= 11 is 0. The molecule has 0 saturated carbocycles. The molecular weight excluding hydrogens is 306 g/mol. The third-order valence-corrected chi connectivity index (χ3v) is 4.30. The highest BCUT2D eigenvalue weighted by Crippen LogP contribution is 2.26. The van der Waals surface area contributed by atoms with E-state index in [0.29, 0.717) is 25.9 Å². The average Bonchev–Trinajstić information content (AvgIpc) is 3.03. The lowest BCUT2D eigenvalue weighted by Gasteiger charge is -2.33. The van der Waals surface area contributed by atoms with Crippen LogP contribution in [0.2, 0.25) is 0 Å². The van der Waals surface area contributed by atoms with Crippen molar-refractivity contribution in [2.75, 3.05) is 22.9 Å². The molecule has 1 unspecified atom stereocenters. The summed E-state index contributed by atoms with van der Waals surface area (Å²) in [5.41, 5.74) is 1.53. The number of pyridine rings is 1. The lowest BCUT2D eigenvalue weighted by Crippen LogP contribution is -2.47. The van der Waals surface area contributed by atoms with Crippen LogP contribution in [-0.4, -0.2) is 39.7 Å². The first-order valence-electron chi connectivity index (χ1n) is 8.10. The van der Waals surface area contributed by atoms with E-state index in [2.05, 4.69) is 10.1 Å². The molecule has 7 nitrogen and oxygen atoms in total. The summed E-state index contributed by atoms with van der Waals surface area (Å²) in [5, 5.41) is 4.11. The number of nitrogens with zero attached hydrogens (tertiary/aromatic N) is 5. The Balaban J connectivity index is 1.78. The zero-order chi connectivity index (χ0) is 17.1. The van der Waals surface area contributed by atoms with Crippen LogP contribution in [0.1, 0.15) is 19.8 Å². The third-order valence-electron chi connectivity index (χ3n) is 4.30. The summed E-state index contributed by atoms with van der Waals surface area (Å²) in [4.78, 5) is 32.7. The molecule has 0 spiro atoms. The second kappa shape index (κ2) is 6.82. The lowest BCUT2D eigenvalue weighted by molar-refractivity contribution is -0.125. The van der Waals surface area contributed by atoms with Crippen molar-refractivity contribution < 1.29 is 9.59 Å². The van der Waals surface area contributed by atoms with Crippen molar-refractivity contribution in [1.29, 1.82) is 0 Å². The van der Waals surface area contributed by atoms with Gasteiger partial charge in [0.2, 0.25) is 11.8 Å². The van der Waals surface area contributed by atoms with Crippen molar-refractivity contribution in [3.63, 3.8) is 0 Å². The average molecular weight is 327 g/mol. The molecule has 1 fully saturated rings. The number of hydrogen-bond acceptors (Lipinski definition) is 4. The maximum Gasteiger partial charge on any atom is 0.231 e. The second-order valence-corrected chi connectivity index (χ2v) is 5.91. The molecule has 0 N–H and O–H groups in total. The van der Waals surface area contributed by atoms with Gasteiger partial charge in [-0.2, -0.15) is 5.10 Å². The predicted molar refractivity (Wildman–Crippen MR) is 90.5 cm³/mol. The minimum absolute atomic E-state index is 0.0342. The van der Waals surface area contributed by atoms with Crippen LogP contribution in [0, 0.1) is 5.92 Å². The molecule has 0 aromatic carbocycles. The van der Waals surface area contributed by atoms with Gasteiger partial charge in [-0.05, 0) is 25.5 Å². The number of aromatic nitrogens is 3. The van der Waals surface area contributed by atoms with Crippen LogP contribution in [0.3, 0.4) is 0 Å². The topological polar surface area (TPSA) is 71.3 Å². The quantitative estimate of drug-likeness (QED) is 0.855. The van der Waals surface area contributed by atoms with E-state index in [-0.39, 0.29) is 17.7 Å². The highest BCUT2D eigenvalue weighted by atomic mass is 16.2. The van der Waals surface area contributed by atoms with Gasteiger partial charge in [0.1, 0.15) is 0 Å². The van der Waals surface area contributed by atoms with Gasteiger partial charge in [0, 0.05) is 39.0 Å². The molecule has 0 radical (unpaired) electrons. The van der Waals surface area contributed by atoms with Gasteiger partial charge in [-0.1, -0.05) is 0 Å². The Bertz CT molecular complexity index is 728. The zero-order valence-corrected chi connectivity index (χ0v) is 13.9. The number of carbonyl (C=O) groups is 2. The molecule has 7 heteroatoms. The van der Waals surface area contributed by atoms with E-state index in [1.807, 2.05) is 26.1 Å². The first-order chi connectivity index (χ1) is 11.6. The number of rotatable bonds is 4. The summed E-state index contributed by atoms with van der Waals surface area (Å²) in [7, 11) is 1.81. The van der Waals surface area contributed by atoms with Crippen LogP contribution in [0.4, 0.5) is 11.4 Å². The van der Waals surface area contributed by atoms with Crippen LogP contribution < -0.4 is 9.80 Å². The summed E-state index contributed by atoms with van der Waals surface area (Å²) in [6, 6.07) is 3.69. The highest BCUT2D eigenvalue weighted by Gasteiger charge is 2.34. The van der Waals surface area contributed by atoms with Gasteiger partial charge in [0.05, 0.1) is 29.7 Å². The number of amides is 2. The number of anilines is 2. The van der Waals surface area contributed by atoms with Gasteiger partial charge >= 0.3 is 0 Å². The van der Waals surface area contributed by atoms with Gasteiger partial charge in [0.15, 0.2) is 0 Å². The van der Waals surface area contributed by atoms with Crippen molar-refractivity contribution in [1.82, 2.24) is 14.8 Å². The fourth-order valence-electron chi connectivity index (χ4n) is 3.04. The normalized spacial score (nSPS) is 17.8. The van der Waals surface area contributed by atoms with Gasteiger partial charge < -0.3 is 9.80 Å². The van der Waals surface area contributed by atoms with Crippen molar-refractivity contribution in [3.8, 4) is 0 Å². The molecule has 126 valence electrons. The van der Waals surface area contributed by atoms with Gasteiger partial charge in [-0.15, -0.1) is 0 Å². The Morgan fingerprint density at radius 2 is 2.25 bits per heavy atom. The minimum atomic E-state index is -0.219. The number of piperidine rings is 1. The van der Waals surface area contributed by atoms with Crippen LogP contribution in [0.5, 0.6) is 0 Å². The molecule has 1 aliphatic rings. The Hall–Kier alpha value is -2.70. The molecule has 2 aromatic rings. The minimum Gasteiger partial charge on any atom is -0.311 e. The molecule has 2 aromatic heterocycles. The molecule has 3 rings (SSSR count). The molecule has 1 aliphatic heterocycles. The molecule has 1 saturated heterocycles. The fourth-order valence-corrected chi connectivity index (χ4v) is 3.04. The molecule has 0 aliphatic carbocycles. The first kappa shape index (κ1) is 16.2. The molecule has 0 bridgehead atoms. The monoisotopic (exact) mass is 327 g/mol. The molecule has 24 heavy (non-hydrogen) atoms. The molecule has 1 atom stereocenters. The van der Waals surface area contributed by atoms with E-state index in [0.717, 1.165) is 11.4 Å². The Kier molecular flexibility index (Phi) is 4.59. The van der Waals surface area contributed by atoms with E-state index in [9.17, 15) is 9.59 Å². The van der Waals surface area contributed by atoms with Gasteiger partial charge in [-0.25, -0.2) is 0 Å². The standard InChI is InChI=1S/C17H21N5O2/c1-3-21(14-5-4-8-18-9-14)17(24)13-6-7-16(23)22(11-13)15-10-19-20(2)12-15/h4-5,8-10,12-13H,3,6-7,11H2,1-2H3. The maximum atomic E-state index is 13.0. The SMILES string of the molecule is CCN(C(=O)C1CCC(=O)N(c2cnn(C)c2)C1)c1cccnc1. The fraction of sp³-hybridized carbons (Fsp3) is 0.412. The number of hydrogen-bond donors (Lipinski definition) is 0. The van der Waals surface area contributed by atoms with E-state index in [1.54, 1.807) is 39.3 Å². The second-order valence-electron chi connectivity index (χ2n) is 5.91. The predicted octanol–water partition coefficient (Wildman–Crippen LogP) is 1.61. The first-order valence-corrected chi connectivity index (χ1v) is 8.10. The van der Waals surface area contributed by atoms with Crippen LogP contribution in [0.15, 0.2) is 36.9 Å². The number of aryl methyl sites for hydroxylation is 1. The summed E-state index contributed by atoms with van der Waals surface area (Å²) < 4.78 is 1.65. The third kappa shape index (κ3) is 3.15. The smallest absolute Gasteiger partial charge is 0.231 e. The van der Waals surface area contributed by atoms with E-state index >= 15 is 0 Å². The van der Waals surface area contributed by atoms with E-state index in [1.165, 1.54) is 0 Å². The Morgan fingerprint density at radius 3 is 2.88 bits per heavy atom. The number of carbonyl (C=O) groups excluding carboxylic acids is 2. The molecule has 3 heterocycles. The summed E-state index contributed by atoms with van der Waals surface area (Å²) in [5.74, 6) is -0.147. The van der Waals surface area contributed by atoms with Crippen LogP contribution in [0.25, 0.3) is 0 Å². The van der Waals surface area contributed by atoms with E-state index in [4.69, 9.17) is 0 Å². The van der Waals surface area contributed by atoms with Crippen molar-refractivity contribution in [3.05, 3.63) is 36.9 Å². The Labute approximate surface area is 140 Å². The summed E-state index contributed by atoms with van der Waals surface area (Å²) in [6.07, 6.45) is 7.77.